The highest BCUT2D eigenvalue weighted by Crippen LogP contribution is 2.29. The van der Waals surface area contributed by atoms with E-state index in [9.17, 15) is 9.59 Å². The Balaban J connectivity index is 0.00000166. The van der Waals surface area contributed by atoms with Gasteiger partial charge in [-0.2, -0.15) is 0 Å². The van der Waals surface area contributed by atoms with Crippen LogP contribution in [0.4, 0.5) is 0 Å². The fourth-order valence-electron chi connectivity index (χ4n) is 2.97. The van der Waals surface area contributed by atoms with Gasteiger partial charge in [-0.05, 0) is 50.2 Å². The lowest BCUT2D eigenvalue weighted by Gasteiger charge is -2.31. The first-order chi connectivity index (χ1) is 14.9. The summed E-state index contributed by atoms with van der Waals surface area (Å²) < 4.78 is 10.6. The van der Waals surface area contributed by atoms with Gasteiger partial charge in [0.15, 0.2) is 5.78 Å². The molecule has 2 aromatic carbocycles. The Morgan fingerprint density at radius 3 is 2.03 bits per heavy atom. The molecule has 0 spiro atoms. The Labute approximate surface area is 189 Å². The van der Waals surface area contributed by atoms with Gasteiger partial charge in [-0.3, -0.25) is 9.69 Å². The van der Waals surface area contributed by atoms with Crippen LogP contribution in [0.2, 0.25) is 0 Å². The molecule has 31 heavy (non-hydrogen) atoms. The molecule has 0 amide bonds. The molecule has 1 aliphatic rings. The number of ketones is 1. The smallest absolute Gasteiger partial charge is 0.338 e. The van der Waals surface area contributed by atoms with Crippen molar-refractivity contribution in [1.82, 2.24) is 4.90 Å². The lowest BCUT2D eigenvalue weighted by Crippen LogP contribution is -2.45. The largest absolute Gasteiger partial charge is 0.423 e. The van der Waals surface area contributed by atoms with Crippen molar-refractivity contribution in [2.45, 2.75) is 43.5 Å². The van der Waals surface area contributed by atoms with Gasteiger partial charge in [-0.25, -0.2) is 4.79 Å². The van der Waals surface area contributed by atoms with Crippen LogP contribution in [0.3, 0.4) is 0 Å². The van der Waals surface area contributed by atoms with E-state index >= 15 is 0 Å². The highest BCUT2D eigenvalue weighted by Gasteiger charge is 2.24. The van der Waals surface area contributed by atoms with E-state index in [1.54, 1.807) is 30.8 Å². The summed E-state index contributed by atoms with van der Waals surface area (Å²) in [4.78, 5) is 28.5. The van der Waals surface area contributed by atoms with Crippen molar-refractivity contribution >= 4 is 23.5 Å². The molecule has 0 saturated carbocycles. The topological polar surface area (TPSA) is 55.8 Å². The number of esters is 1. The van der Waals surface area contributed by atoms with Crippen LogP contribution >= 0.6 is 11.8 Å². The average Bonchev–Trinajstić information content (AvgIpc) is 2.81. The minimum atomic E-state index is -0.433. The number of nitrogens with zero attached hydrogens (tertiary/aromatic N) is 1. The molecule has 0 aromatic heterocycles. The van der Waals surface area contributed by atoms with Crippen molar-refractivity contribution in [3.8, 4) is 5.75 Å². The second-order valence-corrected chi connectivity index (χ2v) is 8.10. The number of ether oxygens (including phenoxy) is 2. The molecule has 3 rings (SSSR count). The summed E-state index contributed by atoms with van der Waals surface area (Å²) in [5, 5.41) is 0. The zero-order valence-corrected chi connectivity index (χ0v) is 19.5. The van der Waals surface area contributed by atoms with Crippen molar-refractivity contribution in [2.75, 3.05) is 26.3 Å². The summed E-state index contributed by atoms with van der Waals surface area (Å²) in [5.74, 6) is 0.185. The minimum absolute atomic E-state index is 0.132. The van der Waals surface area contributed by atoms with Crippen LogP contribution in [0.15, 0.2) is 70.5 Å². The maximum Gasteiger partial charge on any atom is 0.338 e. The minimum Gasteiger partial charge on any atom is -0.423 e. The number of carbonyl (C=O) groups is 2. The molecular weight excluding hydrogens is 410 g/mol. The van der Waals surface area contributed by atoms with Gasteiger partial charge in [0, 0.05) is 34.0 Å². The monoisotopic (exact) mass is 441 g/mol. The van der Waals surface area contributed by atoms with Crippen molar-refractivity contribution in [2.24, 2.45) is 0 Å². The molecule has 0 radical (unpaired) electrons. The molecule has 2 aromatic rings. The van der Waals surface area contributed by atoms with Crippen molar-refractivity contribution < 1.29 is 19.1 Å². The van der Waals surface area contributed by atoms with Crippen LogP contribution in [0.1, 0.15) is 38.1 Å². The SMILES string of the molecule is C=C(C)C(=O)Oc1ccc(Sc2ccc(C(=O)C(C)N3CCOCC3)cc2)cc1.CC. The molecule has 1 aliphatic heterocycles. The highest BCUT2D eigenvalue weighted by molar-refractivity contribution is 7.99. The quantitative estimate of drug-likeness (QED) is 0.253. The second-order valence-electron chi connectivity index (χ2n) is 6.96. The molecule has 6 heteroatoms. The van der Waals surface area contributed by atoms with Gasteiger partial charge in [-0.15, -0.1) is 0 Å². The Bertz CT molecular complexity index is 871. The first kappa shape index (κ1) is 24.9. The number of morpholine rings is 1. The summed E-state index contributed by atoms with van der Waals surface area (Å²) in [6.07, 6.45) is 0. The van der Waals surface area contributed by atoms with Crippen molar-refractivity contribution in [3.63, 3.8) is 0 Å². The van der Waals surface area contributed by atoms with Crippen molar-refractivity contribution in [3.05, 3.63) is 66.2 Å². The first-order valence-corrected chi connectivity index (χ1v) is 11.4. The lowest BCUT2D eigenvalue weighted by molar-refractivity contribution is -0.130. The van der Waals surface area contributed by atoms with E-state index in [0.717, 1.165) is 28.4 Å². The molecule has 166 valence electrons. The van der Waals surface area contributed by atoms with Gasteiger partial charge >= 0.3 is 5.97 Å². The van der Waals surface area contributed by atoms with E-state index in [0.29, 0.717) is 24.5 Å². The summed E-state index contributed by atoms with van der Waals surface area (Å²) in [7, 11) is 0. The Kier molecular flexibility index (Phi) is 9.98. The fourth-order valence-corrected chi connectivity index (χ4v) is 3.78. The van der Waals surface area contributed by atoms with Crippen LogP contribution in [0, 0.1) is 0 Å². The van der Waals surface area contributed by atoms with Gasteiger partial charge in [0.1, 0.15) is 5.75 Å². The maximum absolute atomic E-state index is 12.8. The number of hydrogen-bond acceptors (Lipinski definition) is 6. The Morgan fingerprint density at radius 1 is 1.00 bits per heavy atom. The van der Waals surface area contributed by atoms with E-state index in [1.165, 1.54) is 0 Å². The van der Waals surface area contributed by atoms with E-state index in [-0.39, 0.29) is 11.8 Å². The molecule has 1 saturated heterocycles. The predicted molar refractivity (Wildman–Crippen MR) is 125 cm³/mol. The summed E-state index contributed by atoms with van der Waals surface area (Å²) in [6, 6.07) is 14.8. The third kappa shape index (κ3) is 7.35. The van der Waals surface area contributed by atoms with Crippen LogP contribution in [-0.2, 0) is 9.53 Å². The second kappa shape index (κ2) is 12.4. The summed E-state index contributed by atoms with van der Waals surface area (Å²) in [6.45, 7) is 14.1. The normalized spacial score (nSPS) is 14.7. The molecular formula is C25H31NO4S. The third-order valence-electron chi connectivity index (χ3n) is 4.73. The zero-order valence-electron chi connectivity index (χ0n) is 18.7. The maximum atomic E-state index is 12.8. The van der Waals surface area contributed by atoms with Crippen LogP contribution in [0.5, 0.6) is 5.75 Å². The molecule has 1 unspecified atom stereocenters. The number of hydrogen-bond donors (Lipinski definition) is 0. The number of carbonyl (C=O) groups excluding carboxylic acids is 2. The average molecular weight is 442 g/mol. The first-order valence-electron chi connectivity index (χ1n) is 10.6. The van der Waals surface area contributed by atoms with E-state index in [1.807, 2.05) is 57.2 Å². The van der Waals surface area contributed by atoms with Crippen LogP contribution < -0.4 is 4.74 Å². The van der Waals surface area contributed by atoms with Gasteiger partial charge in [-0.1, -0.05) is 44.3 Å². The van der Waals surface area contributed by atoms with E-state index in [2.05, 4.69) is 11.5 Å². The van der Waals surface area contributed by atoms with E-state index < -0.39 is 5.97 Å². The predicted octanol–water partition coefficient (Wildman–Crippen LogP) is 5.25. The molecule has 5 nitrogen and oxygen atoms in total. The molecule has 1 atom stereocenters. The van der Waals surface area contributed by atoms with Gasteiger partial charge in [0.2, 0.25) is 0 Å². The lowest BCUT2D eigenvalue weighted by atomic mass is 10.0. The third-order valence-corrected chi connectivity index (χ3v) is 5.75. The molecule has 0 bridgehead atoms. The molecule has 1 fully saturated rings. The number of rotatable bonds is 7. The highest BCUT2D eigenvalue weighted by atomic mass is 32.2. The van der Waals surface area contributed by atoms with Crippen molar-refractivity contribution in [1.29, 1.82) is 0 Å². The van der Waals surface area contributed by atoms with E-state index in [4.69, 9.17) is 9.47 Å². The number of Topliss-reactive ketones (excluding diaryl/α,β-unsaturated/α-hetero) is 1. The van der Waals surface area contributed by atoms with Gasteiger partial charge in [0.25, 0.3) is 0 Å². The Morgan fingerprint density at radius 2 is 1.52 bits per heavy atom. The van der Waals surface area contributed by atoms with Crippen LogP contribution in [-0.4, -0.2) is 49.0 Å². The standard InChI is InChI=1S/C23H25NO4S.C2H6/c1-16(2)23(26)28-19-6-10-21(11-7-19)29-20-8-4-18(5-9-20)22(25)17(3)24-12-14-27-15-13-24;1-2/h4-11,17H,1,12-15H2,2-3H3;1-2H3. The zero-order chi connectivity index (χ0) is 22.8. The van der Waals surface area contributed by atoms with Crippen LogP contribution in [0.25, 0.3) is 0 Å². The van der Waals surface area contributed by atoms with Gasteiger partial charge < -0.3 is 9.47 Å². The van der Waals surface area contributed by atoms with Gasteiger partial charge in [0.05, 0.1) is 19.3 Å². The molecule has 0 aliphatic carbocycles. The Hall–Kier alpha value is -2.41. The molecule has 1 heterocycles. The summed E-state index contributed by atoms with van der Waals surface area (Å²) >= 11 is 1.58. The summed E-state index contributed by atoms with van der Waals surface area (Å²) in [5.41, 5.74) is 1.08. The molecule has 0 N–H and O–H groups in total. The number of benzene rings is 2. The fraction of sp³-hybridized carbons (Fsp3) is 0.360.